The van der Waals surface area contributed by atoms with Crippen molar-refractivity contribution in [2.75, 3.05) is 0 Å². The highest BCUT2D eigenvalue weighted by molar-refractivity contribution is 9.11. The Kier molecular flexibility index (Phi) is 5.01. The van der Waals surface area contributed by atoms with Crippen molar-refractivity contribution < 1.29 is 9.84 Å². The van der Waals surface area contributed by atoms with Crippen LogP contribution in [-0.4, -0.2) is 14.7 Å². The maximum atomic E-state index is 9.13. The molecule has 0 aliphatic rings. The molecule has 102 valence electrons. The van der Waals surface area contributed by atoms with Crippen LogP contribution in [0.3, 0.4) is 0 Å². The molecule has 0 aliphatic heterocycles. The van der Waals surface area contributed by atoms with E-state index in [0.717, 1.165) is 26.9 Å². The van der Waals surface area contributed by atoms with Crippen LogP contribution < -0.4 is 4.74 Å². The predicted molar refractivity (Wildman–Crippen MR) is 80.0 cm³/mol. The van der Waals surface area contributed by atoms with E-state index in [2.05, 4.69) is 43.8 Å². The van der Waals surface area contributed by atoms with E-state index in [-0.39, 0.29) is 6.61 Å². The zero-order valence-corrected chi connectivity index (χ0v) is 13.6. The summed E-state index contributed by atoms with van der Waals surface area (Å²) >= 11 is 6.89. The highest BCUT2D eigenvalue weighted by Gasteiger charge is 2.10. The quantitative estimate of drug-likeness (QED) is 0.851. The fourth-order valence-electron chi connectivity index (χ4n) is 1.75. The van der Waals surface area contributed by atoms with E-state index in [1.807, 2.05) is 22.9 Å². The molecule has 0 saturated carbocycles. The zero-order valence-electron chi connectivity index (χ0n) is 10.4. The molecule has 1 heterocycles. The summed E-state index contributed by atoms with van der Waals surface area (Å²) in [6, 6.07) is 3.68. The van der Waals surface area contributed by atoms with Crippen LogP contribution in [-0.2, 0) is 19.8 Å². The monoisotopic (exact) mass is 388 g/mol. The molecular weight excluding hydrogens is 376 g/mol. The van der Waals surface area contributed by atoms with Crippen molar-refractivity contribution in [1.82, 2.24) is 9.55 Å². The lowest BCUT2D eigenvalue weighted by Gasteiger charge is -2.12. The van der Waals surface area contributed by atoms with Gasteiger partial charge in [-0.3, -0.25) is 0 Å². The van der Waals surface area contributed by atoms with Crippen molar-refractivity contribution in [2.24, 2.45) is 0 Å². The number of aromatic nitrogens is 2. The summed E-state index contributed by atoms with van der Waals surface area (Å²) in [4.78, 5) is 4.26. The first-order valence-corrected chi connectivity index (χ1v) is 7.46. The highest BCUT2D eigenvalue weighted by atomic mass is 79.9. The third-order valence-electron chi connectivity index (χ3n) is 2.73. The molecular formula is C13H14Br2N2O2. The number of aryl methyl sites for hydroxylation is 1. The Morgan fingerprint density at radius 1 is 1.32 bits per heavy atom. The zero-order chi connectivity index (χ0) is 13.8. The standard InChI is InChI=1S/C13H14Br2N2O2/c1-2-17-4-3-16-12(17)8-19-13-10(14)5-9(7-18)6-11(13)15/h3-6,18H,2,7-8H2,1H3. The number of ether oxygens (including phenoxy) is 1. The SMILES string of the molecule is CCn1ccnc1COc1c(Br)cc(CO)cc1Br. The molecule has 0 fully saturated rings. The first kappa shape index (κ1) is 14.6. The van der Waals surface area contributed by atoms with Crippen molar-refractivity contribution >= 4 is 31.9 Å². The fourth-order valence-corrected chi connectivity index (χ4v) is 3.26. The van der Waals surface area contributed by atoms with Gasteiger partial charge in [0.15, 0.2) is 0 Å². The number of aliphatic hydroxyl groups excluding tert-OH is 1. The molecule has 0 amide bonds. The summed E-state index contributed by atoms with van der Waals surface area (Å²) < 4.78 is 9.44. The number of aliphatic hydroxyl groups is 1. The number of imidazole rings is 1. The Labute approximate surface area is 128 Å². The third kappa shape index (κ3) is 3.38. The van der Waals surface area contributed by atoms with E-state index >= 15 is 0 Å². The lowest BCUT2D eigenvalue weighted by molar-refractivity contribution is 0.277. The lowest BCUT2D eigenvalue weighted by Crippen LogP contribution is -2.06. The summed E-state index contributed by atoms with van der Waals surface area (Å²) in [5.41, 5.74) is 0.821. The van der Waals surface area contributed by atoms with Crippen molar-refractivity contribution in [2.45, 2.75) is 26.7 Å². The number of nitrogens with zero attached hydrogens (tertiary/aromatic N) is 2. The molecule has 0 spiro atoms. The van der Waals surface area contributed by atoms with E-state index in [9.17, 15) is 0 Å². The van der Waals surface area contributed by atoms with Crippen LogP contribution in [0.2, 0.25) is 0 Å². The Morgan fingerprint density at radius 2 is 2.00 bits per heavy atom. The largest absolute Gasteiger partial charge is 0.483 e. The molecule has 19 heavy (non-hydrogen) atoms. The van der Waals surface area contributed by atoms with Crippen molar-refractivity contribution in [3.05, 3.63) is 44.9 Å². The van der Waals surface area contributed by atoms with Gasteiger partial charge in [0.05, 0.1) is 15.6 Å². The van der Waals surface area contributed by atoms with Crippen LogP contribution in [0.5, 0.6) is 5.75 Å². The van der Waals surface area contributed by atoms with Gasteiger partial charge in [0.1, 0.15) is 18.2 Å². The number of hydrogen-bond donors (Lipinski definition) is 1. The van der Waals surface area contributed by atoms with Gasteiger partial charge in [-0.15, -0.1) is 0 Å². The van der Waals surface area contributed by atoms with Gasteiger partial charge in [-0.05, 0) is 56.5 Å². The van der Waals surface area contributed by atoms with E-state index in [4.69, 9.17) is 9.84 Å². The van der Waals surface area contributed by atoms with Crippen LogP contribution in [0.25, 0.3) is 0 Å². The highest BCUT2D eigenvalue weighted by Crippen LogP contribution is 2.35. The van der Waals surface area contributed by atoms with Gasteiger partial charge in [0, 0.05) is 18.9 Å². The molecule has 4 nitrogen and oxygen atoms in total. The average molecular weight is 390 g/mol. The Balaban J connectivity index is 2.16. The molecule has 0 bridgehead atoms. The van der Waals surface area contributed by atoms with Crippen LogP contribution in [0.1, 0.15) is 18.3 Å². The Morgan fingerprint density at radius 3 is 2.58 bits per heavy atom. The van der Waals surface area contributed by atoms with Gasteiger partial charge < -0.3 is 14.4 Å². The summed E-state index contributed by atoms with van der Waals surface area (Å²) in [5.74, 6) is 1.59. The second-order valence-corrected chi connectivity index (χ2v) is 5.67. The van der Waals surface area contributed by atoms with Gasteiger partial charge in [-0.2, -0.15) is 0 Å². The van der Waals surface area contributed by atoms with E-state index in [1.54, 1.807) is 6.20 Å². The summed E-state index contributed by atoms with van der Waals surface area (Å²) in [7, 11) is 0. The first-order chi connectivity index (χ1) is 9.15. The molecule has 2 rings (SSSR count). The van der Waals surface area contributed by atoms with Crippen molar-refractivity contribution in [1.29, 1.82) is 0 Å². The Hall–Kier alpha value is -0.850. The summed E-state index contributed by atoms with van der Waals surface area (Å²) in [6.07, 6.45) is 3.69. The molecule has 2 aromatic rings. The normalized spacial score (nSPS) is 10.7. The predicted octanol–water partition coefficient (Wildman–Crippen LogP) is 3.50. The van der Waals surface area contributed by atoms with Crippen LogP contribution in [0, 0.1) is 0 Å². The number of rotatable bonds is 5. The fraction of sp³-hybridized carbons (Fsp3) is 0.308. The smallest absolute Gasteiger partial charge is 0.148 e. The minimum Gasteiger partial charge on any atom is -0.483 e. The molecule has 0 unspecified atom stereocenters. The number of halogens is 2. The van der Waals surface area contributed by atoms with Crippen molar-refractivity contribution in [3.8, 4) is 5.75 Å². The van der Waals surface area contributed by atoms with E-state index in [0.29, 0.717) is 12.4 Å². The minimum atomic E-state index is -0.00226. The summed E-state index contributed by atoms with van der Waals surface area (Å²) in [6.45, 7) is 3.33. The lowest BCUT2D eigenvalue weighted by atomic mass is 10.2. The molecule has 0 saturated heterocycles. The number of hydrogen-bond acceptors (Lipinski definition) is 3. The first-order valence-electron chi connectivity index (χ1n) is 5.87. The average Bonchev–Trinajstić information content (AvgIpc) is 2.85. The molecule has 1 aromatic heterocycles. The van der Waals surface area contributed by atoms with Crippen LogP contribution >= 0.6 is 31.9 Å². The van der Waals surface area contributed by atoms with Gasteiger partial charge in [0.25, 0.3) is 0 Å². The second-order valence-electron chi connectivity index (χ2n) is 3.96. The van der Waals surface area contributed by atoms with Crippen molar-refractivity contribution in [3.63, 3.8) is 0 Å². The summed E-state index contributed by atoms with van der Waals surface area (Å²) in [5, 5.41) is 9.13. The van der Waals surface area contributed by atoms with Crippen LogP contribution in [0.15, 0.2) is 33.5 Å². The van der Waals surface area contributed by atoms with Crippen LogP contribution in [0.4, 0.5) is 0 Å². The third-order valence-corrected chi connectivity index (χ3v) is 3.91. The number of benzene rings is 1. The van der Waals surface area contributed by atoms with E-state index < -0.39 is 0 Å². The molecule has 0 radical (unpaired) electrons. The molecule has 6 heteroatoms. The second kappa shape index (κ2) is 6.54. The maximum Gasteiger partial charge on any atom is 0.148 e. The molecule has 1 N–H and O–H groups in total. The van der Waals surface area contributed by atoms with E-state index in [1.165, 1.54) is 0 Å². The minimum absolute atomic E-state index is 0.00226. The maximum absolute atomic E-state index is 9.13. The van der Waals surface area contributed by atoms with Gasteiger partial charge in [-0.1, -0.05) is 0 Å². The topological polar surface area (TPSA) is 47.3 Å². The molecule has 0 aliphatic carbocycles. The van der Waals surface area contributed by atoms with Gasteiger partial charge >= 0.3 is 0 Å². The Bertz CT molecular complexity index is 547. The van der Waals surface area contributed by atoms with Gasteiger partial charge in [-0.25, -0.2) is 4.98 Å². The van der Waals surface area contributed by atoms with Gasteiger partial charge in [0.2, 0.25) is 0 Å². The molecule has 0 atom stereocenters. The molecule has 1 aromatic carbocycles.